The number of benzene rings is 1. The summed E-state index contributed by atoms with van der Waals surface area (Å²) < 4.78 is 0. The molecule has 0 spiro atoms. The SMILES string of the molecule is N#Cc1ccc(/C=C/c2cc(O)ccc2[N+](=O)[O-])nc1. The maximum atomic E-state index is 10.9. The van der Waals surface area contributed by atoms with Gasteiger partial charge in [0.1, 0.15) is 11.8 Å². The van der Waals surface area contributed by atoms with Crippen LogP contribution in [0.2, 0.25) is 0 Å². The molecule has 0 bridgehead atoms. The van der Waals surface area contributed by atoms with Gasteiger partial charge in [-0.3, -0.25) is 15.1 Å². The van der Waals surface area contributed by atoms with Gasteiger partial charge in [0, 0.05) is 12.3 Å². The summed E-state index contributed by atoms with van der Waals surface area (Å²) in [6, 6.07) is 8.98. The maximum Gasteiger partial charge on any atom is 0.276 e. The second kappa shape index (κ2) is 5.63. The molecule has 0 saturated carbocycles. The number of nitro benzene ring substituents is 1. The van der Waals surface area contributed by atoms with E-state index in [2.05, 4.69) is 4.98 Å². The molecule has 6 nitrogen and oxygen atoms in total. The van der Waals surface area contributed by atoms with Gasteiger partial charge in [-0.1, -0.05) is 0 Å². The van der Waals surface area contributed by atoms with E-state index in [9.17, 15) is 15.2 Å². The van der Waals surface area contributed by atoms with Crippen LogP contribution in [0.1, 0.15) is 16.8 Å². The second-order valence-electron chi connectivity index (χ2n) is 3.92. The van der Waals surface area contributed by atoms with E-state index in [4.69, 9.17) is 5.26 Å². The van der Waals surface area contributed by atoms with Crippen molar-refractivity contribution in [1.82, 2.24) is 4.98 Å². The molecule has 1 N–H and O–H groups in total. The first kappa shape index (κ1) is 13.2. The molecule has 2 aromatic rings. The summed E-state index contributed by atoms with van der Waals surface area (Å²) in [6.45, 7) is 0. The average Bonchev–Trinajstić information content (AvgIpc) is 2.45. The van der Waals surface area contributed by atoms with E-state index < -0.39 is 4.92 Å². The quantitative estimate of drug-likeness (QED) is 0.680. The molecule has 0 fully saturated rings. The van der Waals surface area contributed by atoms with E-state index in [-0.39, 0.29) is 17.0 Å². The number of pyridine rings is 1. The van der Waals surface area contributed by atoms with Crippen LogP contribution < -0.4 is 0 Å². The summed E-state index contributed by atoms with van der Waals surface area (Å²) >= 11 is 0. The zero-order chi connectivity index (χ0) is 14.5. The van der Waals surface area contributed by atoms with Crippen molar-refractivity contribution in [3.63, 3.8) is 0 Å². The molecule has 6 heteroatoms. The number of rotatable bonds is 3. The molecular formula is C14H9N3O3. The van der Waals surface area contributed by atoms with Gasteiger partial charge in [0.15, 0.2) is 0 Å². The third-order valence-electron chi connectivity index (χ3n) is 2.56. The molecule has 0 unspecified atom stereocenters. The highest BCUT2D eigenvalue weighted by Gasteiger charge is 2.11. The van der Waals surface area contributed by atoms with Crippen LogP contribution in [0.3, 0.4) is 0 Å². The standard InChI is InChI=1S/C14H9N3O3/c15-8-10-1-3-12(16-9-10)4-2-11-7-13(18)5-6-14(11)17(19)20/h1-7,9,18H/b4-2+. The van der Waals surface area contributed by atoms with Crippen molar-refractivity contribution >= 4 is 17.8 Å². The highest BCUT2D eigenvalue weighted by molar-refractivity contribution is 5.73. The summed E-state index contributed by atoms with van der Waals surface area (Å²) in [7, 11) is 0. The number of aromatic hydroxyl groups is 1. The minimum absolute atomic E-state index is 0.0527. The molecule has 1 aromatic heterocycles. The van der Waals surface area contributed by atoms with E-state index in [1.165, 1.54) is 30.5 Å². The predicted octanol–water partition coefficient (Wildman–Crippen LogP) is 2.74. The van der Waals surface area contributed by atoms with Crippen LogP contribution in [0, 0.1) is 21.4 Å². The number of nitriles is 1. The minimum Gasteiger partial charge on any atom is -0.508 e. The van der Waals surface area contributed by atoms with Gasteiger partial charge in [-0.15, -0.1) is 0 Å². The fourth-order valence-corrected chi connectivity index (χ4v) is 1.59. The Labute approximate surface area is 114 Å². The van der Waals surface area contributed by atoms with E-state index in [1.807, 2.05) is 6.07 Å². The molecule has 0 aliphatic rings. The van der Waals surface area contributed by atoms with E-state index in [0.29, 0.717) is 11.3 Å². The molecule has 1 heterocycles. The van der Waals surface area contributed by atoms with Crippen LogP contribution in [-0.4, -0.2) is 15.0 Å². The number of nitro groups is 1. The molecule has 0 aliphatic carbocycles. The van der Waals surface area contributed by atoms with E-state index in [0.717, 1.165) is 0 Å². The Hall–Kier alpha value is -3.20. The molecule has 0 aliphatic heterocycles. The third kappa shape index (κ3) is 2.97. The van der Waals surface area contributed by atoms with Gasteiger partial charge in [0.25, 0.3) is 5.69 Å². The van der Waals surface area contributed by atoms with Crippen molar-refractivity contribution in [1.29, 1.82) is 5.26 Å². The van der Waals surface area contributed by atoms with E-state index in [1.54, 1.807) is 18.2 Å². The summed E-state index contributed by atoms with van der Waals surface area (Å²) in [5.74, 6) is -0.0527. The van der Waals surface area contributed by atoms with Crippen molar-refractivity contribution in [2.45, 2.75) is 0 Å². The minimum atomic E-state index is -0.522. The molecular weight excluding hydrogens is 258 g/mol. The highest BCUT2D eigenvalue weighted by Crippen LogP contribution is 2.25. The van der Waals surface area contributed by atoms with Gasteiger partial charge in [-0.05, 0) is 36.4 Å². The van der Waals surface area contributed by atoms with Crippen LogP contribution in [0.15, 0.2) is 36.5 Å². The molecule has 0 amide bonds. The van der Waals surface area contributed by atoms with Crippen molar-refractivity contribution in [3.8, 4) is 11.8 Å². The van der Waals surface area contributed by atoms with Gasteiger partial charge < -0.3 is 5.11 Å². The molecule has 0 saturated heterocycles. The Kier molecular flexibility index (Phi) is 3.72. The molecule has 0 atom stereocenters. The van der Waals surface area contributed by atoms with Crippen LogP contribution in [0.4, 0.5) is 5.69 Å². The number of nitrogens with zero attached hydrogens (tertiary/aromatic N) is 3. The summed E-state index contributed by atoms with van der Waals surface area (Å²) in [5.41, 5.74) is 1.17. The second-order valence-corrected chi connectivity index (χ2v) is 3.92. The van der Waals surface area contributed by atoms with Crippen LogP contribution in [-0.2, 0) is 0 Å². The highest BCUT2D eigenvalue weighted by atomic mass is 16.6. The predicted molar refractivity (Wildman–Crippen MR) is 72.6 cm³/mol. The molecule has 1 aromatic carbocycles. The normalized spacial score (nSPS) is 10.3. The van der Waals surface area contributed by atoms with Crippen LogP contribution >= 0.6 is 0 Å². The van der Waals surface area contributed by atoms with Gasteiger partial charge in [-0.2, -0.15) is 5.26 Å². The maximum absolute atomic E-state index is 10.9. The van der Waals surface area contributed by atoms with Crippen molar-refractivity contribution < 1.29 is 10.0 Å². The van der Waals surface area contributed by atoms with Crippen molar-refractivity contribution in [2.24, 2.45) is 0 Å². The summed E-state index contributed by atoms with van der Waals surface area (Å²) in [4.78, 5) is 14.4. The summed E-state index contributed by atoms with van der Waals surface area (Å²) in [6.07, 6.45) is 4.48. The summed E-state index contributed by atoms with van der Waals surface area (Å²) in [5, 5.41) is 28.9. The Bertz CT molecular complexity index is 715. The fourth-order valence-electron chi connectivity index (χ4n) is 1.59. The monoisotopic (exact) mass is 267 g/mol. The lowest BCUT2D eigenvalue weighted by Crippen LogP contribution is -1.91. The van der Waals surface area contributed by atoms with Gasteiger partial charge >= 0.3 is 0 Å². The third-order valence-corrected chi connectivity index (χ3v) is 2.56. The average molecular weight is 267 g/mol. The fraction of sp³-hybridized carbons (Fsp3) is 0. The van der Waals surface area contributed by atoms with Gasteiger partial charge in [0.2, 0.25) is 0 Å². The lowest BCUT2D eigenvalue weighted by molar-refractivity contribution is -0.385. The van der Waals surface area contributed by atoms with Crippen LogP contribution in [0.5, 0.6) is 5.75 Å². The number of phenols is 1. The molecule has 20 heavy (non-hydrogen) atoms. The smallest absolute Gasteiger partial charge is 0.276 e. The first-order chi connectivity index (χ1) is 9.60. The van der Waals surface area contributed by atoms with Gasteiger partial charge in [-0.25, -0.2) is 0 Å². The molecule has 2 rings (SSSR count). The Balaban J connectivity index is 2.33. The lowest BCUT2D eigenvalue weighted by Gasteiger charge is -1.99. The number of aromatic nitrogens is 1. The first-order valence-corrected chi connectivity index (χ1v) is 5.62. The van der Waals surface area contributed by atoms with Crippen LogP contribution in [0.25, 0.3) is 12.2 Å². The largest absolute Gasteiger partial charge is 0.508 e. The van der Waals surface area contributed by atoms with Gasteiger partial charge in [0.05, 0.1) is 21.7 Å². The van der Waals surface area contributed by atoms with Crippen molar-refractivity contribution in [3.05, 3.63) is 63.5 Å². The zero-order valence-corrected chi connectivity index (χ0v) is 10.2. The Morgan fingerprint density at radius 2 is 2.10 bits per heavy atom. The first-order valence-electron chi connectivity index (χ1n) is 5.62. The van der Waals surface area contributed by atoms with Crippen molar-refractivity contribution in [2.75, 3.05) is 0 Å². The number of hydrogen-bond donors (Lipinski definition) is 1. The number of hydrogen-bond acceptors (Lipinski definition) is 5. The topological polar surface area (TPSA) is 100 Å². The molecule has 98 valence electrons. The Morgan fingerprint density at radius 3 is 2.70 bits per heavy atom. The zero-order valence-electron chi connectivity index (χ0n) is 10.2. The van der Waals surface area contributed by atoms with E-state index >= 15 is 0 Å². The number of phenolic OH excluding ortho intramolecular Hbond substituents is 1. The Morgan fingerprint density at radius 1 is 1.30 bits per heavy atom. The molecule has 0 radical (unpaired) electrons. The lowest BCUT2D eigenvalue weighted by atomic mass is 10.1.